The number of nitriles is 1. The molecule has 0 aromatic carbocycles. The van der Waals surface area contributed by atoms with Crippen LogP contribution in [0.4, 0.5) is 5.82 Å². The van der Waals surface area contributed by atoms with Gasteiger partial charge in [-0.3, -0.25) is 0 Å². The van der Waals surface area contributed by atoms with Crippen LogP contribution in [0.5, 0.6) is 0 Å². The van der Waals surface area contributed by atoms with Gasteiger partial charge in [-0.2, -0.15) is 5.26 Å². The summed E-state index contributed by atoms with van der Waals surface area (Å²) in [5.74, 6) is 0.771. The molecule has 1 unspecified atom stereocenters. The Kier molecular flexibility index (Phi) is 3.83. The molecular weight excluding hydrogens is 180 g/mol. The zero-order chi connectivity index (χ0) is 10.4. The highest BCUT2D eigenvalue weighted by Crippen LogP contribution is 2.03. The smallest absolute Gasteiger partial charge is 0.145 e. The molecule has 1 atom stereocenters. The second-order valence-corrected chi connectivity index (χ2v) is 3.07. The molecule has 5 nitrogen and oxygen atoms in total. The molecule has 0 aliphatic rings. The first-order chi connectivity index (χ1) is 6.76. The summed E-state index contributed by atoms with van der Waals surface area (Å²) in [7, 11) is 0. The van der Waals surface area contributed by atoms with E-state index in [1.807, 2.05) is 13.0 Å². The van der Waals surface area contributed by atoms with E-state index in [1.165, 1.54) is 6.33 Å². The molecule has 5 heteroatoms. The van der Waals surface area contributed by atoms with E-state index in [0.717, 1.165) is 0 Å². The lowest BCUT2D eigenvalue weighted by molar-refractivity contribution is 0.244. The summed E-state index contributed by atoms with van der Waals surface area (Å²) in [5, 5.41) is 20.4. The molecule has 0 bridgehead atoms. The van der Waals surface area contributed by atoms with Crippen LogP contribution in [-0.4, -0.2) is 28.2 Å². The topological polar surface area (TPSA) is 81.8 Å². The van der Waals surface area contributed by atoms with Crippen molar-refractivity contribution < 1.29 is 5.11 Å². The quantitative estimate of drug-likeness (QED) is 0.721. The Morgan fingerprint density at radius 3 is 3.07 bits per heavy atom. The minimum Gasteiger partial charge on any atom is -0.396 e. The van der Waals surface area contributed by atoms with Gasteiger partial charge in [-0.05, 0) is 5.92 Å². The summed E-state index contributed by atoms with van der Waals surface area (Å²) in [6, 6.07) is 3.50. The summed E-state index contributed by atoms with van der Waals surface area (Å²) < 4.78 is 0. The highest BCUT2D eigenvalue weighted by molar-refractivity contribution is 5.38. The summed E-state index contributed by atoms with van der Waals surface area (Å²) in [6.07, 6.45) is 1.34. The predicted molar refractivity (Wildman–Crippen MR) is 51.5 cm³/mol. The van der Waals surface area contributed by atoms with Crippen LogP contribution in [0.15, 0.2) is 12.4 Å². The van der Waals surface area contributed by atoms with Gasteiger partial charge in [0.2, 0.25) is 0 Å². The molecular formula is C9H12N4O. The van der Waals surface area contributed by atoms with E-state index in [1.54, 1.807) is 6.07 Å². The van der Waals surface area contributed by atoms with Gasteiger partial charge in [-0.15, -0.1) is 0 Å². The molecule has 74 valence electrons. The lowest BCUT2D eigenvalue weighted by Gasteiger charge is -2.09. The molecule has 1 heterocycles. The largest absolute Gasteiger partial charge is 0.396 e. The van der Waals surface area contributed by atoms with Crippen molar-refractivity contribution in [1.29, 1.82) is 5.26 Å². The first-order valence-electron chi connectivity index (χ1n) is 4.33. The third-order valence-electron chi connectivity index (χ3n) is 1.72. The van der Waals surface area contributed by atoms with Gasteiger partial charge in [0, 0.05) is 19.2 Å². The Bertz CT molecular complexity index is 334. The number of nitrogens with zero attached hydrogens (tertiary/aromatic N) is 3. The van der Waals surface area contributed by atoms with Crippen molar-refractivity contribution in [3.63, 3.8) is 0 Å². The number of nitrogens with one attached hydrogen (secondary N) is 1. The average molecular weight is 192 g/mol. The first kappa shape index (κ1) is 10.4. The van der Waals surface area contributed by atoms with E-state index in [4.69, 9.17) is 10.4 Å². The van der Waals surface area contributed by atoms with Crippen molar-refractivity contribution in [2.75, 3.05) is 18.5 Å². The maximum atomic E-state index is 8.79. The van der Waals surface area contributed by atoms with Crippen LogP contribution in [0.1, 0.15) is 12.6 Å². The van der Waals surface area contributed by atoms with E-state index in [2.05, 4.69) is 15.3 Å². The lowest BCUT2D eigenvalue weighted by Crippen LogP contribution is -2.15. The maximum Gasteiger partial charge on any atom is 0.145 e. The Morgan fingerprint density at radius 2 is 2.43 bits per heavy atom. The lowest BCUT2D eigenvalue weighted by atomic mass is 10.2. The van der Waals surface area contributed by atoms with Gasteiger partial charge in [-0.1, -0.05) is 6.92 Å². The fraction of sp³-hybridized carbons (Fsp3) is 0.444. The highest BCUT2D eigenvalue weighted by Gasteiger charge is 2.01. The van der Waals surface area contributed by atoms with Crippen LogP contribution in [0, 0.1) is 17.2 Å². The molecule has 0 radical (unpaired) electrons. The van der Waals surface area contributed by atoms with Crippen molar-refractivity contribution in [2.45, 2.75) is 6.92 Å². The number of aliphatic hydroxyl groups is 1. The normalized spacial score (nSPS) is 11.8. The van der Waals surface area contributed by atoms with E-state index in [0.29, 0.717) is 18.1 Å². The number of anilines is 1. The molecule has 1 aromatic heterocycles. The van der Waals surface area contributed by atoms with Crippen LogP contribution in [-0.2, 0) is 0 Å². The third kappa shape index (κ3) is 2.99. The zero-order valence-corrected chi connectivity index (χ0v) is 7.94. The molecule has 14 heavy (non-hydrogen) atoms. The van der Waals surface area contributed by atoms with Gasteiger partial charge in [-0.25, -0.2) is 9.97 Å². The number of aliphatic hydroxyl groups excluding tert-OH is 1. The van der Waals surface area contributed by atoms with Crippen LogP contribution >= 0.6 is 0 Å². The molecule has 1 aromatic rings. The molecule has 1 rings (SSSR count). The standard InChI is InChI=1S/C9H12N4O/c1-7(5-14)4-11-9-2-8(3-10)12-6-13-9/h2,6-7,14H,4-5H2,1H3,(H,11,12,13). The molecule has 0 spiro atoms. The second kappa shape index (κ2) is 5.14. The summed E-state index contributed by atoms with van der Waals surface area (Å²) >= 11 is 0. The van der Waals surface area contributed by atoms with Crippen molar-refractivity contribution in [3.8, 4) is 6.07 Å². The van der Waals surface area contributed by atoms with Crippen molar-refractivity contribution >= 4 is 5.82 Å². The Balaban J connectivity index is 2.55. The van der Waals surface area contributed by atoms with Gasteiger partial charge < -0.3 is 10.4 Å². The average Bonchev–Trinajstić information content (AvgIpc) is 2.26. The van der Waals surface area contributed by atoms with Crippen molar-refractivity contribution in [2.24, 2.45) is 5.92 Å². The van der Waals surface area contributed by atoms with Crippen LogP contribution in [0.3, 0.4) is 0 Å². The van der Waals surface area contributed by atoms with Gasteiger partial charge in [0.15, 0.2) is 0 Å². The molecule has 0 amide bonds. The first-order valence-corrected chi connectivity index (χ1v) is 4.33. The Morgan fingerprint density at radius 1 is 1.64 bits per heavy atom. The fourth-order valence-corrected chi connectivity index (χ4v) is 0.858. The number of hydrogen-bond donors (Lipinski definition) is 2. The van der Waals surface area contributed by atoms with Crippen molar-refractivity contribution in [3.05, 3.63) is 18.1 Å². The number of aromatic nitrogens is 2. The molecule has 0 fully saturated rings. The predicted octanol–water partition coefficient (Wildman–Crippen LogP) is 0.389. The van der Waals surface area contributed by atoms with Crippen molar-refractivity contribution in [1.82, 2.24) is 9.97 Å². The molecule has 0 saturated heterocycles. The molecule has 2 N–H and O–H groups in total. The van der Waals surface area contributed by atoms with Gasteiger partial charge >= 0.3 is 0 Å². The molecule has 0 aliphatic carbocycles. The Hall–Kier alpha value is -1.67. The van der Waals surface area contributed by atoms with E-state index >= 15 is 0 Å². The van der Waals surface area contributed by atoms with E-state index in [9.17, 15) is 0 Å². The summed E-state index contributed by atoms with van der Waals surface area (Å²) in [4.78, 5) is 7.68. The highest BCUT2D eigenvalue weighted by atomic mass is 16.3. The second-order valence-electron chi connectivity index (χ2n) is 3.07. The van der Waals surface area contributed by atoms with Crippen LogP contribution in [0.25, 0.3) is 0 Å². The monoisotopic (exact) mass is 192 g/mol. The van der Waals surface area contributed by atoms with Crippen LogP contribution in [0.2, 0.25) is 0 Å². The van der Waals surface area contributed by atoms with Gasteiger partial charge in [0.25, 0.3) is 0 Å². The molecule has 0 saturated carbocycles. The third-order valence-corrected chi connectivity index (χ3v) is 1.72. The summed E-state index contributed by atoms with van der Waals surface area (Å²) in [6.45, 7) is 2.67. The van der Waals surface area contributed by atoms with Gasteiger partial charge in [0.05, 0.1) is 0 Å². The maximum absolute atomic E-state index is 8.79. The van der Waals surface area contributed by atoms with Gasteiger partial charge in [0.1, 0.15) is 23.9 Å². The van der Waals surface area contributed by atoms with E-state index < -0.39 is 0 Å². The number of rotatable bonds is 4. The van der Waals surface area contributed by atoms with Crippen LogP contribution < -0.4 is 5.32 Å². The molecule has 0 aliphatic heterocycles. The SMILES string of the molecule is CC(CO)CNc1cc(C#N)ncn1. The zero-order valence-electron chi connectivity index (χ0n) is 7.94. The number of hydrogen-bond acceptors (Lipinski definition) is 5. The Labute approximate surface area is 82.4 Å². The minimum atomic E-state index is 0.128. The minimum absolute atomic E-state index is 0.128. The van der Waals surface area contributed by atoms with E-state index in [-0.39, 0.29) is 12.5 Å². The summed E-state index contributed by atoms with van der Waals surface area (Å²) in [5.41, 5.74) is 0.333. The fourth-order valence-electron chi connectivity index (χ4n) is 0.858.